The number of halogens is 1. The van der Waals surface area contributed by atoms with Crippen LogP contribution < -0.4 is 5.32 Å². The zero-order chi connectivity index (χ0) is 14.7. The molecule has 1 saturated heterocycles. The van der Waals surface area contributed by atoms with E-state index in [-0.39, 0.29) is 17.8 Å². The summed E-state index contributed by atoms with van der Waals surface area (Å²) in [6.07, 6.45) is 3.67. The first-order valence-corrected chi connectivity index (χ1v) is 8.08. The Labute approximate surface area is 126 Å². The van der Waals surface area contributed by atoms with E-state index in [4.69, 9.17) is 0 Å². The van der Waals surface area contributed by atoms with E-state index < -0.39 is 0 Å². The molecule has 4 nitrogen and oxygen atoms in total. The van der Waals surface area contributed by atoms with Crippen molar-refractivity contribution in [3.63, 3.8) is 0 Å². The van der Waals surface area contributed by atoms with Crippen LogP contribution in [0.15, 0.2) is 36.5 Å². The second-order valence-electron chi connectivity index (χ2n) is 4.99. The average Bonchev–Trinajstić information content (AvgIpc) is 2.98. The molecule has 0 unspecified atom stereocenters. The van der Waals surface area contributed by atoms with E-state index >= 15 is 0 Å². The first-order valence-electron chi connectivity index (χ1n) is 6.92. The van der Waals surface area contributed by atoms with Crippen LogP contribution in [0.1, 0.15) is 23.3 Å². The number of benzene rings is 1. The van der Waals surface area contributed by atoms with Crippen LogP contribution in [0.25, 0.3) is 5.69 Å². The number of aromatic nitrogens is 2. The lowest BCUT2D eigenvalue weighted by atomic mass is 10.1. The monoisotopic (exact) mass is 305 g/mol. The normalized spacial score (nSPS) is 15.9. The number of hydrogen-bond acceptors (Lipinski definition) is 3. The molecule has 1 aliphatic heterocycles. The molecule has 2 aromatic rings. The highest BCUT2D eigenvalue weighted by molar-refractivity contribution is 7.99. The van der Waals surface area contributed by atoms with E-state index in [2.05, 4.69) is 10.4 Å². The standard InChI is InChI=1S/C15H16FN3OS/c16-11-2-1-3-13(10-11)19-7-4-14(18-19)15(20)17-12-5-8-21-9-6-12/h1-4,7,10,12H,5-6,8-9H2,(H,17,20). The van der Waals surface area contributed by atoms with Crippen molar-refractivity contribution in [2.24, 2.45) is 0 Å². The molecule has 1 N–H and O–H groups in total. The first kappa shape index (κ1) is 14.1. The van der Waals surface area contributed by atoms with Crippen LogP contribution in [-0.4, -0.2) is 33.2 Å². The minimum absolute atomic E-state index is 0.165. The van der Waals surface area contributed by atoms with E-state index in [0.29, 0.717) is 11.4 Å². The van der Waals surface area contributed by atoms with Gasteiger partial charge in [-0.3, -0.25) is 4.79 Å². The number of nitrogens with zero attached hydrogens (tertiary/aromatic N) is 2. The molecular weight excluding hydrogens is 289 g/mol. The topological polar surface area (TPSA) is 46.9 Å². The fraction of sp³-hybridized carbons (Fsp3) is 0.333. The number of hydrogen-bond donors (Lipinski definition) is 1. The van der Waals surface area contributed by atoms with Crippen LogP contribution >= 0.6 is 11.8 Å². The fourth-order valence-electron chi connectivity index (χ4n) is 2.31. The molecule has 0 spiro atoms. The Kier molecular flexibility index (Phi) is 4.24. The van der Waals surface area contributed by atoms with E-state index in [1.165, 1.54) is 16.8 Å². The number of nitrogens with one attached hydrogen (secondary N) is 1. The van der Waals surface area contributed by atoms with Crippen molar-refractivity contribution in [3.8, 4) is 5.69 Å². The van der Waals surface area contributed by atoms with E-state index in [1.54, 1.807) is 24.4 Å². The molecule has 3 rings (SSSR count). The lowest BCUT2D eigenvalue weighted by molar-refractivity contribution is 0.0929. The Bertz CT molecular complexity index is 637. The van der Waals surface area contributed by atoms with Crippen LogP contribution in [0, 0.1) is 5.82 Å². The summed E-state index contributed by atoms with van der Waals surface area (Å²) >= 11 is 1.92. The van der Waals surface area contributed by atoms with E-state index in [9.17, 15) is 9.18 Å². The molecular formula is C15H16FN3OS. The van der Waals surface area contributed by atoms with Crippen molar-refractivity contribution in [1.29, 1.82) is 0 Å². The Morgan fingerprint density at radius 3 is 2.90 bits per heavy atom. The van der Waals surface area contributed by atoms with Crippen LogP contribution in [-0.2, 0) is 0 Å². The molecule has 0 atom stereocenters. The summed E-state index contributed by atoms with van der Waals surface area (Å²) in [5.74, 6) is 1.68. The second kappa shape index (κ2) is 6.30. The van der Waals surface area contributed by atoms with Gasteiger partial charge < -0.3 is 5.32 Å². The van der Waals surface area contributed by atoms with Crippen LogP contribution in [0.5, 0.6) is 0 Å². The fourth-order valence-corrected chi connectivity index (χ4v) is 3.42. The molecule has 1 aliphatic rings. The highest BCUT2D eigenvalue weighted by atomic mass is 32.2. The van der Waals surface area contributed by atoms with Crippen molar-refractivity contribution >= 4 is 17.7 Å². The number of carbonyl (C=O) groups is 1. The van der Waals surface area contributed by atoms with Gasteiger partial charge in [-0.1, -0.05) is 6.07 Å². The second-order valence-corrected chi connectivity index (χ2v) is 6.21. The molecule has 1 aromatic heterocycles. The zero-order valence-electron chi connectivity index (χ0n) is 11.5. The predicted octanol–water partition coefficient (Wildman–Crippen LogP) is 2.64. The SMILES string of the molecule is O=C(NC1CCSCC1)c1ccn(-c2cccc(F)c2)n1. The van der Waals surface area contributed by atoms with Crippen molar-refractivity contribution < 1.29 is 9.18 Å². The minimum atomic E-state index is -0.325. The van der Waals surface area contributed by atoms with Gasteiger partial charge in [0, 0.05) is 12.2 Å². The molecule has 6 heteroatoms. The Morgan fingerprint density at radius 2 is 2.14 bits per heavy atom. The first-order chi connectivity index (χ1) is 10.2. The molecule has 21 heavy (non-hydrogen) atoms. The maximum Gasteiger partial charge on any atom is 0.272 e. The van der Waals surface area contributed by atoms with Gasteiger partial charge in [-0.2, -0.15) is 16.9 Å². The van der Waals surface area contributed by atoms with Gasteiger partial charge in [-0.15, -0.1) is 0 Å². The Morgan fingerprint density at radius 1 is 1.33 bits per heavy atom. The van der Waals surface area contributed by atoms with Gasteiger partial charge >= 0.3 is 0 Å². The quantitative estimate of drug-likeness (QED) is 0.948. The lowest BCUT2D eigenvalue weighted by Gasteiger charge is -2.21. The predicted molar refractivity (Wildman–Crippen MR) is 81.3 cm³/mol. The van der Waals surface area contributed by atoms with E-state index in [0.717, 1.165) is 24.3 Å². The van der Waals surface area contributed by atoms with Gasteiger partial charge in [0.1, 0.15) is 5.82 Å². The summed E-state index contributed by atoms with van der Waals surface area (Å²) < 4.78 is 14.7. The summed E-state index contributed by atoms with van der Waals surface area (Å²) in [4.78, 5) is 12.2. The van der Waals surface area contributed by atoms with Gasteiger partial charge in [-0.25, -0.2) is 9.07 Å². The lowest BCUT2D eigenvalue weighted by Crippen LogP contribution is -2.37. The van der Waals surface area contributed by atoms with Crippen molar-refractivity contribution in [1.82, 2.24) is 15.1 Å². The minimum Gasteiger partial charge on any atom is -0.348 e. The molecule has 0 saturated carbocycles. The molecule has 1 fully saturated rings. The van der Waals surface area contributed by atoms with Crippen LogP contribution in [0.3, 0.4) is 0 Å². The number of amides is 1. The highest BCUT2D eigenvalue weighted by Gasteiger charge is 2.18. The van der Waals surface area contributed by atoms with Crippen molar-refractivity contribution in [2.75, 3.05) is 11.5 Å². The molecule has 0 aliphatic carbocycles. The van der Waals surface area contributed by atoms with Crippen LogP contribution in [0.4, 0.5) is 4.39 Å². The van der Waals surface area contributed by atoms with Crippen LogP contribution in [0.2, 0.25) is 0 Å². The summed E-state index contributed by atoms with van der Waals surface area (Å²) in [6, 6.07) is 8.01. The third kappa shape index (κ3) is 3.44. The third-order valence-electron chi connectivity index (χ3n) is 3.45. The summed E-state index contributed by atoms with van der Waals surface area (Å²) in [5, 5.41) is 7.23. The number of carbonyl (C=O) groups excluding carboxylic acids is 1. The molecule has 0 radical (unpaired) electrons. The van der Waals surface area contributed by atoms with Gasteiger partial charge in [0.15, 0.2) is 5.69 Å². The largest absolute Gasteiger partial charge is 0.348 e. The van der Waals surface area contributed by atoms with Gasteiger partial charge in [0.05, 0.1) is 5.69 Å². The summed E-state index contributed by atoms with van der Waals surface area (Å²) in [7, 11) is 0. The summed E-state index contributed by atoms with van der Waals surface area (Å²) in [6.45, 7) is 0. The number of rotatable bonds is 3. The van der Waals surface area contributed by atoms with Crippen molar-refractivity contribution in [2.45, 2.75) is 18.9 Å². The molecule has 0 bridgehead atoms. The van der Waals surface area contributed by atoms with Gasteiger partial charge in [-0.05, 0) is 48.6 Å². The maximum atomic E-state index is 13.2. The van der Waals surface area contributed by atoms with Crippen molar-refractivity contribution in [3.05, 3.63) is 48.0 Å². The molecule has 1 amide bonds. The average molecular weight is 305 g/mol. The zero-order valence-corrected chi connectivity index (χ0v) is 12.3. The molecule has 2 heterocycles. The Hall–Kier alpha value is -1.82. The maximum absolute atomic E-state index is 13.2. The van der Waals surface area contributed by atoms with Gasteiger partial charge in [0.25, 0.3) is 5.91 Å². The van der Waals surface area contributed by atoms with E-state index in [1.807, 2.05) is 11.8 Å². The Balaban J connectivity index is 1.70. The molecule has 110 valence electrons. The third-order valence-corrected chi connectivity index (χ3v) is 4.50. The van der Waals surface area contributed by atoms with Gasteiger partial charge in [0.2, 0.25) is 0 Å². The smallest absolute Gasteiger partial charge is 0.272 e. The highest BCUT2D eigenvalue weighted by Crippen LogP contribution is 2.17. The summed E-state index contributed by atoms with van der Waals surface area (Å²) in [5.41, 5.74) is 0.959. The molecule has 1 aromatic carbocycles. The number of thioether (sulfide) groups is 1.